The minimum absolute atomic E-state index is 0.0351. The molecule has 218 valence electrons. The van der Waals surface area contributed by atoms with Crippen LogP contribution in [0.15, 0.2) is 39.3 Å². The predicted octanol–water partition coefficient (Wildman–Crippen LogP) is 8.59. The van der Waals surface area contributed by atoms with Gasteiger partial charge in [-0.1, -0.05) is 85.2 Å². The first-order valence-corrected chi connectivity index (χ1v) is 15.8. The quantitative estimate of drug-likeness (QED) is 0.175. The summed E-state index contributed by atoms with van der Waals surface area (Å²) in [6.07, 6.45) is 5.57. The molecule has 1 heterocycles. The molecule has 0 saturated heterocycles. The first-order valence-electron chi connectivity index (χ1n) is 14.3. The number of carbonyl (C=O) groups is 2. The van der Waals surface area contributed by atoms with Crippen molar-refractivity contribution in [3.05, 3.63) is 89.3 Å². The van der Waals surface area contributed by atoms with Gasteiger partial charge in [-0.15, -0.1) is 0 Å². The van der Waals surface area contributed by atoms with Gasteiger partial charge in [0.2, 0.25) is 0 Å². The number of phenolic OH excluding ortho intramolecular Hbond substituents is 2. The Morgan fingerprint density at radius 1 is 0.756 bits per heavy atom. The van der Waals surface area contributed by atoms with Gasteiger partial charge in [0.05, 0.1) is 11.1 Å². The molecule has 41 heavy (non-hydrogen) atoms. The molecule has 0 radical (unpaired) electrons. The highest BCUT2D eigenvalue weighted by Gasteiger charge is 2.53. The third kappa shape index (κ3) is 5.29. The number of aromatic carboxylic acids is 1. The van der Waals surface area contributed by atoms with Crippen LogP contribution in [0.4, 0.5) is 0 Å². The van der Waals surface area contributed by atoms with E-state index < -0.39 is 17.5 Å². The molecule has 0 bridgehead atoms. The van der Waals surface area contributed by atoms with Crippen LogP contribution in [-0.2, 0) is 36.0 Å². The molecule has 1 aliphatic rings. The van der Waals surface area contributed by atoms with Gasteiger partial charge < -0.3 is 20.1 Å². The molecule has 6 nitrogen and oxygen atoms in total. The largest absolute Gasteiger partial charge is 0.508 e. The molecule has 8 heteroatoms. The lowest BCUT2D eigenvalue weighted by Crippen LogP contribution is -2.34. The topological polar surface area (TPSA) is 104 Å². The molecule has 0 fully saturated rings. The number of hydrogen-bond donors (Lipinski definition) is 3. The predicted molar refractivity (Wildman–Crippen MR) is 166 cm³/mol. The summed E-state index contributed by atoms with van der Waals surface area (Å²) in [5, 5.41) is 32.2. The molecular weight excluding hydrogens is 652 g/mol. The van der Waals surface area contributed by atoms with E-state index in [1.807, 2.05) is 13.8 Å². The maximum absolute atomic E-state index is 13.7. The molecule has 3 N–H and O–H groups in total. The summed E-state index contributed by atoms with van der Waals surface area (Å²) in [5.74, 6) is -1.35. The maximum Gasteiger partial charge on any atom is 0.340 e. The van der Waals surface area contributed by atoms with Crippen LogP contribution in [-0.4, -0.2) is 27.3 Å². The molecule has 4 rings (SSSR count). The van der Waals surface area contributed by atoms with Crippen LogP contribution in [0.25, 0.3) is 0 Å². The molecule has 0 amide bonds. The molecule has 0 atom stereocenters. The van der Waals surface area contributed by atoms with E-state index in [9.17, 15) is 24.9 Å². The van der Waals surface area contributed by atoms with Gasteiger partial charge in [-0.05, 0) is 78.3 Å². The van der Waals surface area contributed by atoms with E-state index in [1.54, 1.807) is 12.1 Å². The summed E-state index contributed by atoms with van der Waals surface area (Å²) in [5.41, 5.74) is 3.84. The van der Waals surface area contributed by atoms with Crippen molar-refractivity contribution in [2.45, 2.75) is 84.7 Å². The minimum atomic E-state index is -1.54. The van der Waals surface area contributed by atoms with Gasteiger partial charge in [-0.2, -0.15) is 0 Å². The summed E-state index contributed by atoms with van der Waals surface area (Å²) >= 11 is 7.47. The number of esters is 1. The molecule has 3 aromatic rings. The van der Waals surface area contributed by atoms with E-state index in [4.69, 9.17) is 4.74 Å². The number of carboxylic acid groups (broad SMARTS) is 1. The van der Waals surface area contributed by atoms with Gasteiger partial charge in [-0.3, -0.25) is 0 Å². The zero-order valence-corrected chi connectivity index (χ0v) is 27.0. The number of cyclic esters (lactones) is 1. The van der Waals surface area contributed by atoms with E-state index in [0.717, 1.165) is 47.9 Å². The average molecular weight is 688 g/mol. The Morgan fingerprint density at radius 2 is 1.20 bits per heavy atom. The number of fused-ring (bicyclic) bond motifs is 1. The number of ether oxygens (including phenoxy) is 1. The number of rotatable bonds is 11. The number of carbonyl (C=O) groups excluding carboxylic acids is 1. The zero-order chi connectivity index (χ0) is 30.1. The summed E-state index contributed by atoms with van der Waals surface area (Å²) in [6, 6.07) is 7.76. The normalized spacial score (nSPS) is 13.8. The Morgan fingerprint density at radius 3 is 1.61 bits per heavy atom. The molecular formula is C33H36Br2O6. The zero-order valence-electron chi connectivity index (χ0n) is 23.9. The molecule has 0 aliphatic carbocycles. The number of halogens is 2. The van der Waals surface area contributed by atoms with Crippen molar-refractivity contribution in [2.75, 3.05) is 0 Å². The third-order valence-corrected chi connectivity index (χ3v) is 9.02. The van der Waals surface area contributed by atoms with E-state index >= 15 is 0 Å². The van der Waals surface area contributed by atoms with Crippen molar-refractivity contribution in [1.82, 2.24) is 0 Å². The Labute approximate surface area is 258 Å². The number of hydrogen-bond acceptors (Lipinski definition) is 5. The van der Waals surface area contributed by atoms with Gasteiger partial charge in [0, 0.05) is 25.6 Å². The molecule has 0 aromatic heterocycles. The lowest BCUT2D eigenvalue weighted by molar-refractivity contribution is 0.0242. The summed E-state index contributed by atoms with van der Waals surface area (Å²) in [6.45, 7) is 8.20. The standard InChI is InChI=1S/C33H36Br2O6/c1-5-9-19-21(11-7-3)29(25(34)16-27(19)36)33(24-15-18(31(38)39)13-14-23(24)32(40)41-33)30-22(12-8-4)20(10-6-2)28(37)17-26(30)35/h13-17,36-37H,5-12H2,1-4H3,(H,38,39). The van der Waals surface area contributed by atoms with Crippen LogP contribution in [0.1, 0.15) is 113 Å². The van der Waals surface area contributed by atoms with E-state index in [2.05, 4.69) is 45.7 Å². The Kier molecular flexibility index (Phi) is 9.54. The molecule has 0 unspecified atom stereocenters. The summed E-state index contributed by atoms with van der Waals surface area (Å²) in [4.78, 5) is 25.9. The lowest BCUT2D eigenvalue weighted by atomic mass is 9.72. The monoisotopic (exact) mass is 686 g/mol. The van der Waals surface area contributed by atoms with Gasteiger partial charge in [0.25, 0.3) is 0 Å². The highest BCUT2D eigenvalue weighted by molar-refractivity contribution is 9.10. The van der Waals surface area contributed by atoms with Crippen LogP contribution in [0.2, 0.25) is 0 Å². The fourth-order valence-corrected chi connectivity index (χ4v) is 7.69. The van der Waals surface area contributed by atoms with Crippen molar-refractivity contribution in [3.63, 3.8) is 0 Å². The fraction of sp³-hybridized carbons (Fsp3) is 0.394. The maximum atomic E-state index is 13.7. The van der Waals surface area contributed by atoms with E-state index in [0.29, 0.717) is 51.3 Å². The van der Waals surface area contributed by atoms with E-state index in [-0.39, 0.29) is 22.6 Å². The van der Waals surface area contributed by atoms with Crippen LogP contribution in [0.3, 0.4) is 0 Å². The molecule has 0 spiro atoms. The first-order chi connectivity index (χ1) is 19.6. The SMILES string of the molecule is CCCc1c(O)cc(Br)c(C2(c3c(Br)cc(O)c(CCC)c3CCC)OC(=O)c3ccc(C(=O)O)cc32)c1CCC. The highest BCUT2D eigenvalue weighted by Crippen LogP contribution is 2.56. The Balaban J connectivity index is 2.32. The van der Waals surface area contributed by atoms with Crippen LogP contribution in [0.5, 0.6) is 11.5 Å². The van der Waals surface area contributed by atoms with Gasteiger partial charge in [0.15, 0.2) is 5.60 Å². The van der Waals surface area contributed by atoms with Gasteiger partial charge in [0.1, 0.15) is 11.5 Å². The van der Waals surface area contributed by atoms with Crippen molar-refractivity contribution in [1.29, 1.82) is 0 Å². The molecule has 1 aliphatic heterocycles. The van der Waals surface area contributed by atoms with Crippen molar-refractivity contribution in [3.8, 4) is 11.5 Å². The van der Waals surface area contributed by atoms with Crippen molar-refractivity contribution >= 4 is 43.8 Å². The smallest absolute Gasteiger partial charge is 0.340 e. The average Bonchev–Trinajstić information content (AvgIpc) is 3.20. The second-order valence-electron chi connectivity index (χ2n) is 10.6. The Hall–Kier alpha value is -2.84. The molecule has 0 saturated carbocycles. The summed E-state index contributed by atoms with van der Waals surface area (Å²) < 4.78 is 7.66. The van der Waals surface area contributed by atoms with Crippen molar-refractivity contribution in [2.24, 2.45) is 0 Å². The van der Waals surface area contributed by atoms with Crippen LogP contribution < -0.4 is 0 Å². The van der Waals surface area contributed by atoms with Gasteiger partial charge >= 0.3 is 11.9 Å². The number of phenols is 2. The first kappa shape index (κ1) is 31.1. The minimum Gasteiger partial charge on any atom is -0.508 e. The number of aromatic hydroxyl groups is 2. The summed E-state index contributed by atoms with van der Waals surface area (Å²) in [7, 11) is 0. The van der Waals surface area contributed by atoms with Crippen LogP contribution >= 0.6 is 31.9 Å². The highest BCUT2D eigenvalue weighted by atomic mass is 79.9. The van der Waals surface area contributed by atoms with Crippen molar-refractivity contribution < 1.29 is 29.6 Å². The number of benzene rings is 3. The second-order valence-corrected chi connectivity index (χ2v) is 12.3. The second kappa shape index (κ2) is 12.6. The van der Waals surface area contributed by atoms with Crippen LogP contribution in [0, 0.1) is 0 Å². The van der Waals surface area contributed by atoms with Gasteiger partial charge in [-0.25, -0.2) is 9.59 Å². The molecule has 3 aromatic carbocycles. The van der Waals surface area contributed by atoms with E-state index in [1.165, 1.54) is 18.2 Å². The number of carboxylic acids is 1. The fourth-order valence-electron chi connectivity index (χ4n) is 6.22. The Bertz CT molecular complexity index is 1440. The lowest BCUT2D eigenvalue weighted by Gasteiger charge is -2.37. The third-order valence-electron chi connectivity index (χ3n) is 7.77.